The fraction of sp³-hybridized carbons (Fsp3) is 0.100. The summed E-state index contributed by atoms with van der Waals surface area (Å²) in [5.41, 5.74) is 0.927. The number of ether oxygens (including phenoxy) is 1. The standard InChI is InChI=1S/C20H17FN2O3/c1-26-17-7-4-6-16(11-17)22-20(25)15-9-10-19(24)23(13-15)12-14-5-2-3-8-18(14)21/h2-11,13H,12H2,1H3,(H,22,25). The molecule has 6 heteroatoms. The third-order valence-corrected chi connectivity index (χ3v) is 3.87. The van der Waals surface area contributed by atoms with Crippen LogP contribution in [-0.4, -0.2) is 17.6 Å². The van der Waals surface area contributed by atoms with Crippen molar-refractivity contribution in [3.63, 3.8) is 0 Å². The quantitative estimate of drug-likeness (QED) is 0.766. The van der Waals surface area contributed by atoms with Crippen molar-refractivity contribution >= 4 is 11.6 Å². The summed E-state index contributed by atoms with van der Waals surface area (Å²) in [7, 11) is 1.54. The smallest absolute Gasteiger partial charge is 0.257 e. The minimum atomic E-state index is -0.398. The maximum atomic E-state index is 13.8. The molecule has 1 N–H and O–H groups in total. The highest BCUT2D eigenvalue weighted by Crippen LogP contribution is 2.17. The predicted molar refractivity (Wildman–Crippen MR) is 97.2 cm³/mol. The number of amides is 1. The number of nitrogens with one attached hydrogen (secondary N) is 1. The van der Waals surface area contributed by atoms with Gasteiger partial charge in [-0.25, -0.2) is 4.39 Å². The number of hydrogen-bond acceptors (Lipinski definition) is 3. The van der Waals surface area contributed by atoms with Gasteiger partial charge in [0.05, 0.1) is 19.2 Å². The van der Waals surface area contributed by atoms with Crippen LogP contribution in [0.2, 0.25) is 0 Å². The van der Waals surface area contributed by atoms with Gasteiger partial charge in [-0.15, -0.1) is 0 Å². The van der Waals surface area contributed by atoms with Crippen molar-refractivity contribution in [1.29, 1.82) is 0 Å². The highest BCUT2D eigenvalue weighted by Gasteiger charge is 2.10. The Hall–Kier alpha value is -3.41. The fourth-order valence-electron chi connectivity index (χ4n) is 2.50. The average molecular weight is 352 g/mol. The first-order chi connectivity index (χ1) is 12.6. The molecule has 1 amide bonds. The van der Waals surface area contributed by atoms with Gasteiger partial charge in [-0.3, -0.25) is 9.59 Å². The molecule has 2 aromatic carbocycles. The zero-order valence-corrected chi connectivity index (χ0v) is 14.1. The number of halogens is 1. The van der Waals surface area contributed by atoms with Crippen molar-refractivity contribution in [2.24, 2.45) is 0 Å². The van der Waals surface area contributed by atoms with Crippen LogP contribution in [0.5, 0.6) is 5.75 Å². The fourth-order valence-corrected chi connectivity index (χ4v) is 2.50. The van der Waals surface area contributed by atoms with E-state index in [0.717, 1.165) is 0 Å². The Bertz CT molecular complexity index is 998. The van der Waals surface area contributed by atoms with Gasteiger partial charge in [-0.05, 0) is 24.3 Å². The minimum absolute atomic E-state index is 0.0474. The van der Waals surface area contributed by atoms with Crippen molar-refractivity contribution in [3.05, 3.63) is 94.2 Å². The summed E-state index contributed by atoms with van der Waals surface area (Å²) < 4.78 is 20.2. The normalized spacial score (nSPS) is 10.4. The maximum Gasteiger partial charge on any atom is 0.257 e. The number of aromatic nitrogens is 1. The number of anilines is 1. The Morgan fingerprint density at radius 1 is 1.12 bits per heavy atom. The van der Waals surface area contributed by atoms with Crippen molar-refractivity contribution in [2.45, 2.75) is 6.54 Å². The van der Waals surface area contributed by atoms with E-state index < -0.39 is 5.82 Å². The summed E-state index contributed by atoms with van der Waals surface area (Å²) >= 11 is 0. The van der Waals surface area contributed by atoms with Crippen LogP contribution in [0.15, 0.2) is 71.7 Å². The number of rotatable bonds is 5. The first-order valence-electron chi connectivity index (χ1n) is 7.96. The largest absolute Gasteiger partial charge is 0.497 e. The van der Waals surface area contributed by atoms with Gasteiger partial charge in [-0.2, -0.15) is 0 Å². The first kappa shape index (κ1) is 17.4. The molecule has 0 aliphatic carbocycles. The van der Waals surface area contributed by atoms with Crippen LogP contribution in [0.3, 0.4) is 0 Å². The Kier molecular flexibility index (Phi) is 5.12. The molecule has 0 aliphatic rings. The van der Waals surface area contributed by atoms with E-state index >= 15 is 0 Å². The lowest BCUT2D eigenvalue weighted by Gasteiger charge is -2.10. The van der Waals surface area contributed by atoms with Gasteiger partial charge in [0.25, 0.3) is 11.5 Å². The third-order valence-electron chi connectivity index (χ3n) is 3.87. The predicted octanol–water partition coefficient (Wildman–Crippen LogP) is 3.30. The van der Waals surface area contributed by atoms with E-state index in [1.807, 2.05) is 0 Å². The zero-order chi connectivity index (χ0) is 18.5. The van der Waals surface area contributed by atoms with E-state index in [9.17, 15) is 14.0 Å². The van der Waals surface area contributed by atoms with Gasteiger partial charge in [0.1, 0.15) is 11.6 Å². The molecule has 132 valence electrons. The highest BCUT2D eigenvalue weighted by atomic mass is 19.1. The molecule has 3 rings (SSSR count). The van der Waals surface area contributed by atoms with Crippen LogP contribution in [0.4, 0.5) is 10.1 Å². The van der Waals surface area contributed by atoms with E-state index in [0.29, 0.717) is 22.6 Å². The molecule has 0 saturated heterocycles. The number of hydrogen-bond donors (Lipinski definition) is 1. The van der Waals surface area contributed by atoms with Gasteiger partial charge in [-0.1, -0.05) is 24.3 Å². The lowest BCUT2D eigenvalue weighted by molar-refractivity contribution is 0.102. The molecule has 26 heavy (non-hydrogen) atoms. The molecule has 0 saturated carbocycles. The summed E-state index contributed by atoms with van der Waals surface area (Å²) in [6, 6.07) is 15.9. The Morgan fingerprint density at radius 2 is 1.92 bits per heavy atom. The molecule has 0 aliphatic heterocycles. The summed E-state index contributed by atoms with van der Waals surface area (Å²) in [6.07, 6.45) is 1.42. The van der Waals surface area contributed by atoms with E-state index in [4.69, 9.17) is 4.74 Å². The highest BCUT2D eigenvalue weighted by molar-refractivity contribution is 6.04. The Morgan fingerprint density at radius 3 is 2.69 bits per heavy atom. The molecule has 0 spiro atoms. The third kappa shape index (κ3) is 3.97. The van der Waals surface area contributed by atoms with Crippen LogP contribution < -0.4 is 15.6 Å². The van der Waals surface area contributed by atoms with Crippen molar-refractivity contribution in [2.75, 3.05) is 12.4 Å². The Balaban J connectivity index is 1.83. The number of carbonyl (C=O) groups is 1. The Labute approximate surface area is 149 Å². The molecular formula is C20H17FN2O3. The molecule has 0 unspecified atom stereocenters. The number of carbonyl (C=O) groups excluding carboxylic acids is 1. The van der Waals surface area contributed by atoms with Gasteiger partial charge < -0.3 is 14.6 Å². The van der Waals surface area contributed by atoms with Gasteiger partial charge in [0.2, 0.25) is 0 Å². The summed E-state index contributed by atoms with van der Waals surface area (Å²) in [6.45, 7) is 0.0474. The SMILES string of the molecule is COc1cccc(NC(=O)c2ccc(=O)n(Cc3ccccc3F)c2)c1. The van der Waals surface area contributed by atoms with E-state index in [-0.39, 0.29) is 18.0 Å². The number of nitrogens with zero attached hydrogens (tertiary/aromatic N) is 1. The van der Waals surface area contributed by atoms with Crippen LogP contribution in [0.1, 0.15) is 15.9 Å². The molecule has 0 atom stereocenters. The van der Waals surface area contributed by atoms with Crippen LogP contribution in [0.25, 0.3) is 0 Å². The monoisotopic (exact) mass is 352 g/mol. The topological polar surface area (TPSA) is 60.3 Å². The summed E-state index contributed by atoms with van der Waals surface area (Å²) in [5, 5.41) is 2.75. The molecule has 0 bridgehead atoms. The second-order valence-electron chi connectivity index (χ2n) is 5.66. The molecule has 1 aromatic heterocycles. The number of methoxy groups -OCH3 is 1. The molecule has 0 radical (unpaired) electrons. The molecule has 0 fully saturated rings. The molecule has 1 heterocycles. The zero-order valence-electron chi connectivity index (χ0n) is 14.1. The van der Waals surface area contributed by atoms with E-state index in [1.54, 1.807) is 49.6 Å². The maximum absolute atomic E-state index is 13.8. The van der Waals surface area contributed by atoms with Crippen LogP contribution in [-0.2, 0) is 6.54 Å². The van der Waals surface area contributed by atoms with Gasteiger partial charge in [0.15, 0.2) is 0 Å². The van der Waals surface area contributed by atoms with Crippen molar-refractivity contribution in [1.82, 2.24) is 4.57 Å². The minimum Gasteiger partial charge on any atom is -0.497 e. The second kappa shape index (κ2) is 7.65. The number of pyridine rings is 1. The molecule has 5 nitrogen and oxygen atoms in total. The average Bonchev–Trinajstić information content (AvgIpc) is 2.65. The van der Waals surface area contributed by atoms with Crippen LogP contribution >= 0.6 is 0 Å². The molecule has 3 aromatic rings. The van der Waals surface area contributed by atoms with Crippen molar-refractivity contribution in [3.8, 4) is 5.75 Å². The van der Waals surface area contributed by atoms with E-state index in [1.165, 1.54) is 29.0 Å². The first-order valence-corrected chi connectivity index (χ1v) is 7.96. The lowest BCUT2D eigenvalue weighted by Crippen LogP contribution is -2.23. The van der Waals surface area contributed by atoms with Gasteiger partial charge >= 0.3 is 0 Å². The lowest BCUT2D eigenvalue weighted by atomic mass is 10.2. The second-order valence-corrected chi connectivity index (χ2v) is 5.66. The summed E-state index contributed by atoms with van der Waals surface area (Å²) in [5.74, 6) is -0.154. The van der Waals surface area contributed by atoms with E-state index in [2.05, 4.69) is 5.32 Å². The van der Waals surface area contributed by atoms with Crippen LogP contribution in [0, 0.1) is 5.82 Å². The van der Waals surface area contributed by atoms with Gasteiger partial charge in [0, 0.05) is 29.6 Å². The summed E-state index contributed by atoms with van der Waals surface area (Å²) in [4.78, 5) is 24.5. The number of benzene rings is 2. The molecular weight excluding hydrogens is 335 g/mol. The van der Waals surface area contributed by atoms with Crippen molar-refractivity contribution < 1.29 is 13.9 Å².